The number of benzene rings is 3. The SMILES string of the molecule is COC1CN(C(=O)[C@H](NC(=O)OCC2c3ccccc3-c3ccccc32)[C@H](C)OCc2ccccc2)C(C)(C(=O)O)C1. The van der Waals surface area contributed by atoms with Crippen molar-refractivity contribution in [2.24, 2.45) is 0 Å². The van der Waals surface area contributed by atoms with Gasteiger partial charge in [-0.3, -0.25) is 4.79 Å². The second-order valence-electron chi connectivity index (χ2n) is 11.0. The van der Waals surface area contributed by atoms with Crippen LogP contribution in [-0.4, -0.2) is 72.0 Å². The van der Waals surface area contributed by atoms with Crippen molar-refractivity contribution in [2.75, 3.05) is 20.3 Å². The zero-order chi connectivity index (χ0) is 29.9. The van der Waals surface area contributed by atoms with Crippen molar-refractivity contribution in [2.45, 2.75) is 56.6 Å². The van der Waals surface area contributed by atoms with Crippen LogP contribution in [0.5, 0.6) is 0 Å². The summed E-state index contributed by atoms with van der Waals surface area (Å²) < 4.78 is 17.2. The third kappa shape index (κ3) is 5.75. The molecule has 2 amide bonds. The first kappa shape index (κ1) is 29.3. The molecule has 0 saturated carbocycles. The molecule has 0 spiro atoms. The average Bonchev–Trinajstić information content (AvgIpc) is 3.53. The van der Waals surface area contributed by atoms with Crippen LogP contribution in [0.1, 0.15) is 42.9 Å². The van der Waals surface area contributed by atoms with Crippen LogP contribution in [0.4, 0.5) is 4.79 Å². The molecule has 9 heteroatoms. The first-order valence-corrected chi connectivity index (χ1v) is 14.1. The number of carboxylic acids is 1. The Bertz CT molecular complexity index is 1400. The Hall–Kier alpha value is -4.21. The minimum atomic E-state index is -1.50. The zero-order valence-corrected chi connectivity index (χ0v) is 24.0. The average molecular weight is 573 g/mol. The Labute approximate surface area is 245 Å². The van der Waals surface area contributed by atoms with E-state index in [9.17, 15) is 19.5 Å². The number of fused-ring (bicyclic) bond motifs is 3. The minimum Gasteiger partial charge on any atom is -0.480 e. The van der Waals surface area contributed by atoms with Gasteiger partial charge in [0, 0.05) is 26.0 Å². The van der Waals surface area contributed by atoms with E-state index in [0.717, 1.165) is 27.8 Å². The van der Waals surface area contributed by atoms with Gasteiger partial charge in [0.05, 0.1) is 18.8 Å². The number of hydrogen-bond donors (Lipinski definition) is 2. The van der Waals surface area contributed by atoms with E-state index < -0.39 is 41.8 Å². The molecule has 42 heavy (non-hydrogen) atoms. The summed E-state index contributed by atoms with van der Waals surface area (Å²) in [5.41, 5.74) is 3.74. The van der Waals surface area contributed by atoms with Crippen LogP contribution in [-0.2, 0) is 30.4 Å². The maximum Gasteiger partial charge on any atom is 0.407 e. The highest BCUT2D eigenvalue weighted by Gasteiger charge is 2.52. The fraction of sp³-hybridized carbons (Fsp3) is 0.364. The van der Waals surface area contributed by atoms with Crippen LogP contribution >= 0.6 is 0 Å². The van der Waals surface area contributed by atoms with Crippen LogP contribution in [0.3, 0.4) is 0 Å². The number of amides is 2. The first-order valence-electron chi connectivity index (χ1n) is 14.1. The number of rotatable bonds is 10. The summed E-state index contributed by atoms with van der Waals surface area (Å²) in [5.74, 6) is -1.87. The van der Waals surface area contributed by atoms with Gasteiger partial charge in [0.15, 0.2) is 0 Å². The normalized spacial score (nSPS) is 20.8. The Morgan fingerprint density at radius 1 is 0.976 bits per heavy atom. The van der Waals surface area contributed by atoms with Gasteiger partial charge in [-0.2, -0.15) is 0 Å². The van der Waals surface area contributed by atoms with E-state index in [1.807, 2.05) is 66.7 Å². The number of ether oxygens (including phenoxy) is 3. The molecular weight excluding hydrogens is 536 g/mol. The molecule has 9 nitrogen and oxygen atoms in total. The highest BCUT2D eigenvalue weighted by atomic mass is 16.5. The van der Waals surface area contributed by atoms with Gasteiger partial charge in [-0.05, 0) is 41.7 Å². The molecule has 1 saturated heterocycles. The number of carboxylic acid groups (broad SMARTS) is 1. The van der Waals surface area contributed by atoms with Gasteiger partial charge in [-0.25, -0.2) is 9.59 Å². The summed E-state index contributed by atoms with van der Waals surface area (Å²) in [7, 11) is 1.49. The standard InChI is InChI=1S/C33H36N2O7/c1-21(41-19-22-11-5-4-6-12-22)29(30(36)35-18-23(40-3)17-33(35,2)31(37)38)34-32(39)42-20-28-26-15-9-7-13-24(26)25-14-8-10-16-27(25)28/h4-16,21,23,28-29H,17-20H2,1-3H3,(H,34,39)(H,37,38)/t21-,23?,29+,33?/m0/s1. The number of nitrogens with one attached hydrogen (secondary N) is 1. The maximum atomic E-state index is 14.0. The van der Waals surface area contributed by atoms with E-state index in [0.29, 0.717) is 0 Å². The van der Waals surface area contributed by atoms with Gasteiger partial charge in [-0.15, -0.1) is 0 Å². The lowest BCUT2D eigenvalue weighted by Gasteiger charge is -2.35. The van der Waals surface area contributed by atoms with Gasteiger partial charge < -0.3 is 29.5 Å². The van der Waals surface area contributed by atoms with Crippen molar-refractivity contribution >= 4 is 18.0 Å². The summed E-state index contributed by atoms with van der Waals surface area (Å²) in [4.78, 5) is 40.8. The van der Waals surface area contributed by atoms with Crippen molar-refractivity contribution in [3.63, 3.8) is 0 Å². The van der Waals surface area contributed by atoms with Gasteiger partial charge in [-0.1, -0.05) is 78.9 Å². The Kier molecular flexibility index (Phi) is 8.61. The number of methoxy groups -OCH3 is 1. The molecular formula is C33H36N2O7. The number of nitrogens with zero attached hydrogens (tertiary/aromatic N) is 1. The molecule has 2 N–H and O–H groups in total. The molecule has 1 heterocycles. The number of hydrogen-bond acceptors (Lipinski definition) is 6. The highest BCUT2D eigenvalue weighted by Crippen LogP contribution is 2.44. The molecule has 2 unspecified atom stereocenters. The van der Waals surface area contributed by atoms with Gasteiger partial charge in [0.2, 0.25) is 5.91 Å². The Balaban J connectivity index is 1.34. The molecule has 0 aromatic heterocycles. The van der Waals surface area contributed by atoms with Crippen LogP contribution < -0.4 is 5.32 Å². The lowest BCUT2D eigenvalue weighted by atomic mass is 9.97. The molecule has 3 aromatic rings. The fourth-order valence-electron chi connectivity index (χ4n) is 5.93. The minimum absolute atomic E-state index is 0.0718. The lowest BCUT2D eigenvalue weighted by molar-refractivity contribution is -0.157. The third-order valence-electron chi connectivity index (χ3n) is 8.38. The monoisotopic (exact) mass is 572 g/mol. The summed E-state index contributed by atoms with van der Waals surface area (Å²) in [5, 5.41) is 12.7. The molecule has 3 aromatic carbocycles. The Morgan fingerprint density at radius 2 is 1.57 bits per heavy atom. The Morgan fingerprint density at radius 3 is 2.17 bits per heavy atom. The van der Waals surface area contributed by atoms with E-state index in [4.69, 9.17) is 14.2 Å². The van der Waals surface area contributed by atoms with Gasteiger partial charge in [0.1, 0.15) is 18.2 Å². The van der Waals surface area contributed by atoms with E-state index in [2.05, 4.69) is 17.4 Å². The van der Waals surface area contributed by atoms with Crippen molar-refractivity contribution in [1.29, 1.82) is 0 Å². The molecule has 1 aliphatic heterocycles. The van der Waals surface area contributed by atoms with Crippen LogP contribution in [0, 0.1) is 0 Å². The van der Waals surface area contributed by atoms with E-state index in [-0.39, 0.29) is 32.1 Å². The third-order valence-corrected chi connectivity index (χ3v) is 8.38. The molecule has 1 aliphatic carbocycles. The quantitative estimate of drug-likeness (QED) is 0.365. The number of carbonyl (C=O) groups is 3. The van der Waals surface area contributed by atoms with E-state index in [1.54, 1.807) is 6.92 Å². The summed E-state index contributed by atoms with van der Waals surface area (Å²) in [6.07, 6.45) is -1.91. The van der Waals surface area contributed by atoms with E-state index >= 15 is 0 Å². The number of alkyl carbamates (subject to hydrolysis) is 1. The molecule has 5 rings (SSSR count). The maximum absolute atomic E-state index is 14.0. The number of likely N-dealkylation sites (tertiary alicyclic amines) is 1. The highest BCUT2D eigenvalue weighted by molar-refractivity contribution is 5.92. The smallest absolute Gasteiger partial charge is 0.407 e. The van der Waals surface area contributed by atoms with Crippen LogP contribution in [0.15, 0.2) is 78.9 Å². The number of aliphatic carboxylic acids is 1. The van der Waals surface area contributed by atoms with Gasteiger partial charge in [0.25, 0.3) is 0 Å². The summed E-state index contributed by atoms with van der Waals surface area (Å²) in [6.45, 7) is 3.52. The molecule has 0 radical (unpaired) electrons. The molecule has 2 aliphatic rings. The van der Waals surface area contributed by atoms with Crippen molar-refractivity contribution in [1.82, 2.24) is 10.2 Å². The summed E-state index contributed by atoms with van der Waals surface area (Å²) in [6, 6.07) is 24.3. The lowest BCUT2D eigenvalue weighted by Crippen LogP contribution is -2.60. The molecule has 1 fully saturated rings. The fourth-order valence-corrected chi connectivity index (χ4v) is 5.93. The van der Waals surface area contributed by atoms with Crippen LogP contribution in [0.2, 0.25) is 0 Å². The zero-order valence-electron chi connectivity index (χ0n) is 24.0. The van der Waals surface area contributed by atoms with Crippen molar-refractivity contribution in [3.8, 4) is 11.1 Å². The predicted octanol–water partition coefficient (Wildman–Crippen LogP) is 4.59. The van der Waals surface area contributed by atoms with Crippen molar-refractivity contribution < 1.29 is 33.7 Å². The predicted molar refractivity (Wildman–Crippen MR) is 156 cm³/mol. The molecule has 220 valence electrons. The van der Waals surface area contributed by atoms with Crippen LogP contribution in [0.25, 0.3) is 11.1 Å². The summed E-state index contributed by atoms with van der Waals surface area (Å²) >= 11 is 0. The largest absolute Gasteiger partial charge is 0.480 e. The second-order valence-corrected chi connectivity index (χ2v) is 11.0. The second kappa shape index (κ2) is 12.3. The topological polar surface area (TPSA) is 114 Å². The van der Waals surface area contributed by atoms with Crippen molar-refractivity contribution in [3.05, 3.63) is 95.6 Å². The molecule has 4 atom stereocenters. The number of carbonyl (C=O) groups excluding carboxylic acids is 2. The van der Waals surface area contributed by atoms with E-state index in [1.165, 1.54) is 18.9 Å². The van der Waals surface area contributed by atoms with Gasteiger partial charge >= 0.3 is 12.1 Å². The molecule has 0 bridgehead atoms. The first-order chi connectivity index (χ1) is 20.2.